The molecule has 1 N–H and O–H groups in total. The maximum Gasteiger partial charge on any atom is 0.334 e. The molecule has 0 spiro atoms. The van der Waals surface area contributed by atoms with Gasteiger partial charge in [0.2, 0.25) is 0 Å². The molecule has 30 heavy (non-hydrogen) atoms. The van der Waals surface area contributed by atoms with Gasteiger partial charge in [-0.1, -0.05) is 6.58 Å². The Bertz CT molecular complexity index is 825. The number of hydrogen-bond acceptors (Lipinski definition) is 8. The van der Waals surface area contributed by atoms with Crippen LogP contribution in [0.25, 0.3) is 0 Å². The number of carbonyl (C=O) groups is 3. The summed E-state index contributed by atoms with van der Waals surface area (Å²) >= 11 is 0. The molecule has 0 aromatic carbocycles. The first kappa shape index (κ1) is 22.2. The molecule has 0 amide bonds. The molecule has 1 aliphatic carbocycles. The van der Waals surface area contributed by atoms with Gasteiger partial charge in [-0.25, -0.2) is 9.59 Å². The van der Waals surface area contributed by atoms with Crippen LogP contribution in [0.15, 0.2) is 35.5 Å². The summed E-state index contributed by atoms with van der Waals surface area (Å²) in [5.41, 5.74) is 0.605. The van der Waals surface area contributed by atoms with Gasteiger partial charge in [0.25, 0.3) is 0 Å². The minimum absolute atomic E-state index is 0.191. The van der Waals surface area contributed by atoms with Crippen LogP contribution in [-0.2, 0) is 33.3 Å². The van der Waals surface area contributed by atoms with Gasteiger partial charge in [0.1, 0.15) is 18.3 Å². The van der Waals surface area contributed by atoms with Crippen LogP contribution in [0.3, 0.4) is 0 Å². The van der Waals surface area contributed by atoms with E-state index < -0.39 is 47.7 Å². The normalized spacial score (nSPS) is 37.8. The highest BCUT2D eigenvalue weighted by molar-refractivity contribution is 5.92. The van der Waals surface area contributed by atoms with Gasteiger partial charge in [-0.15, -0.1) is 0 Å². The van der Waals surface area contributed by atoms with Crippen molar-refractivity contribution in [2.24, 2.45) is 5.92 Å². The number of aliphatic hydroxyl groups excluding tert-OH is 1. The van der Waals surface area contributed by atoms with Crippen LogP contribution in [-0.4, -0.2) is 59.6 Å². The molecule has 164 valence electrons. The number of rotatable bonds is 4. The third-order valence-corrected chi connectivity index (χ3v) is 5.95. The van der Waals surface area contributed by atoms with Gasteiger partial charge < -0.3 is 24.1 Å². The van der Waals surface area contributed by atoms with Crippen molar-refractivity contribution in [3.05, 3.63) is 35.5 Å². The highest BCUT2D eigenvalue weighted by atomic mass is 16.6. The highest BCUT2D eigenvalue weighted by Crippen LogP contribution is 2.48. The van der Waals surface area contributed by atoms with Crippen molar-refractivity contribution < 1.29 is 38.4 Å². The van der Waals surface area contributed by atoms with E-state index in [-0.39, 0.29) is 23.9 Å². The Kier molecular flexibility index (Phi) is 6.19. The zero-order valence-electron chi connectivity index (χ0n) is 17.7. The van der Waals surface area contributed by atoms with E-state index in [9.17, 15) is 14.4 Å². The van der Waals surface area contributed by atoms with Crippen LogP contribution >= 0.6 is 0 Å². The number of esters is 3. The van der Waals surface area contributed by atoms with Crippen molar-refractivity contribution in [3.8, 4) is 0 Å². The van der Waals surface area contributed by atoms with Crippen molar-refractivity contribution >= 4 is 17.9 Å². The van der Waals surface area contributed by atoms with Crippen LogP contribution in [0.1, 0.15) is 40.5 Å². The van der Waals surface area contributed by atoms with Gasteiger partial charge in [0.15, 0.2) is 0 Å². The lowest BCUT2D eigenvalue weighted by Crippen LogP contribution is -2.38. The fraction of sp³-hybridized carbons (Fsp3) is 0.591. The molecule has 0 saturated carbocycles. The molecule has 8 nitrogen and oxygen atoms in total. The Balaban J connectivity index is 1.97. The zero-order valence-corrected chi connectivity index (χ0v) is 17.7. The first-order valence-electron chi connectivity index (χ1n) is 9.97. The standard InChI is InChI=1S/C22H28O8/c1-11(6-7-23)20(25)29-17-10-22(5)18(30-22)9-15(27-14(4)24)12(2)8-16-19(17)13(3)21(26)28-16/h6,8,15-19,23H,3,7,9-10H2,1-2,4-5H3/b11-6-,12-8-/t15-,16+,17+,18+,19-,22+/m0/s1. The van der Waals surface area contributed by atoms with Gasteiger partial charge >= 0.3 is 17.9 Å². The van der Waals surface area contributed by atoms with Gasteiger partial charge in [-0.2, -0.15) is 0 Å². The van der Waals surface area contributed by atoms with E-state index >= 15 is 0 Å². The molecule has 2 saturated heterocycles. The Morgan fingerprint density at radius 1 is 1.37 bits per heavy atom. The Labute approximate surface area is 175 Å². The lowest BCUT2D eigenvalue weighted by molar-refractivity contribution is -0.149. The second-order valence-corrected chi connectivity index (χ2v) is 8.30. The maximum atomic E-state index is 12.5. The maximum absolute atomic E-state index is 12.5. The summed E-state index contributed by atoms with van der Waals surface area (Å²) in [5, 5.41) is 9.05. The fourth-order valence-corrected chi connectivity index (χ4v) is 4.13. The molecule has 2 aliphatic heterocycles. The third-order valence-electron chi connectivity index (χ3n) is 5.95. The summed E-state index contributed by atoms with van der Waals surface area (Å²) < 4.78 is 22.6. The van der Waals surface area contributed by atoms with Gasteiger partial charge in [0.05, 0.1) is 24.2 Å². The van der Waals surface area contributed by atoms with Crippen LogP contribution in [0, 0.1) is 5.92 Å². The molecule has 8 heteroatoms. The molecule has 0 aromatic heterocycles. The lowest BCUT2D eigenvalue weighted by Gasteiger charge is -2.29. The molecule has 0 bridgehead atoms. The smallest absolute Gasteiger partial charge is 0.334 e. The third kappa shape index (κ3) is 4.49. The monoisotopic (exact) mass is 420 g/mol. The molecule has 0 aromatic rings. The van der Waals surface area contributed by atoms with Crippen LogP contribution in [0.2, 0.25) is 0 Å². The fourth-order valence-electron chi connectivity index (χ4n) is 4.13. The minimum atomic E-state index is -0.715. The average Bonchev–Trinajstić information content (AvgIpc) is 3.18. The number of carbonyl (C=O) groups excluding carboxylic acids is 3. The Morgan fingerprint density at radius 2 is 2.07 bits per heavy atom. The first-order valence-corrected chi connectivity index (χ1v) is 9.97. The molecular weight excluding hydrogens is 392 g/mol. The van der Waals surface area contributed by atoms with E-state index in [0.29, 0.717) is 12.8 Å². The van der Waals surface area contributed by atoms with Crippen molar-refractivity contribution in [3.63, 3.8) is 0 Å². The van der Waals surface area contributed by atoms with Crippen molar-refractivity contribution in [1.29, 1.82) is 0 Å². The number of hydrogen-bond donors (Lipinski definition) is 1. The number of aliphatic hydroxyl groups is 1. The molecule has 6 atom stereocenters. The predicted molar refractivity (Wildman–Crippen MR) is 105 cm³/mol. The summed E-state index contributed by atoms with van der Waals surface area (Å²) in [4.78, 5) is 36.4. The van der Waals surface area contributed by atoms with E-state index in [0.717, 1.165) is 5.57 Å². The predicted octanol–water partition coefficient (Wildman–Crippen LogP) is 1.76. The number of ether oxygens (including phenoxy) is 4. The summed E-state index contributed by atoms with van der Waals surface area (Å²) in [6.45, 7) is 10.2. The second kappa shape index (κ2) is 8.35. The Morgan fingerprint density at radius 3 is 2.70 bits per heavy atom. The lowest BCUT2D eigenvalue weighted by atomic mass is 9.82. The number of fused-ring (bicyclic) bond motifs is 2. The minimum Gasteiger partial charge on any atom is -0.458 e. The van der Waals surface area contributed by atoms with Gasteiger partial charge in [-0.3, -0.25) is 4.79 Å². The van der Waals surface area contributed by atoms with Crippen molar-refractivity contribution in [2.75, 3.05) is 6.61 Å². The molecule has 2 fully saturated rings. The highest BCUT2D eigenvalue weighted by Gasteiger charge is 2.58. The van der Waals surface area contributed by atoms with Crippen molar-refractivity contribution in [1.82, 2.24) is 0 Å². The van der Waals surface area contributed by atoms with Gasteiger partial charge in [-0.05, 0) is 38.5 Å². The Hall–Kier alpha value is -2.45. The van der Waals surface area contributed by atoms with Crippen LogP contribution < -0.4 is 0 Å². The quantitative estimate of drug-likeness (QED) is 0.241. The average molecular weight is 420 g/mol. The van der Waals surface area contributed by atoms with E-state index in [4.69, 9.17) is 24.1 Å². The molecule has 3 rings (SSSR count). The molecule has 2 heterocycles. The molecule has 0 radical (unpaired) electrons. The topological polar surface area (TPSA) is 112 Å². The summed E-state index contributed by atoms with van der Waals surface area (Å²) in [6.07, 6.45) is 1.75. The molecule has 3 aliphatic rings. The van der Waals surface area contributed by atoms with E-state index in [2.05, 4.69) is 6.58 Å². The zero-order chi connectivity index (χ0) is 22.2. The van der Waals surface area contributed by atoms with Crippen molar-refractivity contribution in [2.45, 2.75) is 70.6 Å². The second-order valence-electron chi connectivity index (χ2n) is 8.30. The first-order chi connectivity index (χ1) is 14.1. The van der Waals surface area contributed by atoms with E-state index in [1.807, 2.05) is 6.92 Å². The largest absolute Gasteiger partial charge is 0.458 e. The van der Waals surface area contributed by atoms with E-state index in [1.54, 1.807) is 19.9 Å². The summed E-state index contributed by atoms with van der Waals surface area (Å²) in [6, 6.07) is 0. The van der Waals surface area contributed by atoms with E-state index in [1.165, 1.54) is 13.0 Å². The summed E-state index contributed by atoms with van der Waals surface area (Å²) in [7, 11) is 0. The summed E-state index contributed by atoms with van der Waals surface area (Å²) in [5.74, 6) is -2.15. The van der Waals surface area contributed by atoms with Crippen LogP contribution in [0.5, 0.6) is 0 Å². The SMILES string of the molecule is C=C1C(=O)O[C@@H]2/C=C(/C)[C@@H](OC(C)=O)C[C@H]3O[C@]3(C)C[C@@H](OC(=O)/C(C)=C\CO)[C@@H]12. The van der Waals surface area contributed by atoms with Crippen LogP contribution in [0.4, 0.5) is 0 Å². The van der Waals surface area contributed by atoms with Gasteiger partial charge in [0, 0.05) is 30.9 Å². The molecular formula is C22H28O8. The molecule has 0 unspecified atom stereocenters. The number of epoxide rings is 1.